The maximum absolute atomic E-state index is 12.1. The van der Waals surface area contributed by atoms with Crippen molar-refractivity contribution in [2.75, 3.05) is 5.32 Å². The van der Waals surface area contributed by atoms with Gasteiger partial charge in [-0.15, -0.1) is 0 Å². The molecular weight excluding hydrogens is 334 g/mol. The number of oxime groups is 1. The molecule has 0 aromatic heterocycles. The largest absolute Gasteiger partial charge is 0.409 e. The van der Waals surface area contributed by atoms with Gasteiger partial charge in [0, 0.05) is 10.2 Å². The van der Waals surface area contributed by atoms with Crippen LogP contribution in [0.4, 0.5) is 5.69 Å². The summed E-state index contributed by atoms with van der Waals surface area (Å²) >= 11 is 9.21. The molecule has 0 fully saturated rings. The Morgan fingerprint density at radius 3 is 2.84 bits per heavy atom. The van der Waals surface area contributed by atoms with Gasteiger partial charge in [-0.3, -0.25) is 4.79 Å². The molecule has 0 aliphatic heterocycles. The summed E-state index contributed by atoms with van der Waals surface area (Å²) in [6, 6.07) is 5.07. The predicted molar refractivity (Wildman–Crippen MR) is 79.6 cm³/mol. The lowest BCUT2D eigenvalue weighted by atomic mass is 10.0. The summed E-state index contributed by atoms with van der Waals surface area (Å²) in [5.74, 6) is -1.07. The Balaban J connectivity index is 2.84. The molecule has 4 N–H and O–H groups in total. The Morgan fingerprint density at radius 2 is 2.32 bits per heavy atom. The van der Waals surface area contributed by atoms with Crippen LogP contribution in [-0.4, -0.2) is 17.0 Å². The molecule has 104 valence electrons. The predicted octanol–water partition coefficient (Wildman–Crippen LogP) is 3.20. The number of anilines is 1. The highest BCUT2D eigenvalue weighted by Crippen LogP contribution is 2.26. The normalized spacial score (nSPS) is 13.1. The number of nitrogens with one attached hydrogen (secondary N) is 1. The molecule has 0 saturated heterocycles. The minimum absolute atomic E-state index is 0.0949. The van der Waals surface area contributed by atoms with Crippen molar-refractivity contribution in [3.8, 4) is 0 Å². The van der Waals surface area contributed by atoms with E-state index < -0.39 is 5.92 Å². The van der Waals surface area contributed by atoms with Crippen LogP contribution in [0.2, 0.25) is 5.02 Å². The van der Waals surface area contributed by atoms with Gasteiger partial charge in [-0.2, -0.15) is 0 Å². The molecule has 1 aromatic rings. The second kappa shape index (κ2) is 7.35. The number of hydrogen-bond acceptors (Lipinski definition) is 3. The molecule has 1 atom stereocenters. The van der Waals surface area contributed by atoms with E-state index in [0.29, 0.717) is 17.1 Å². The fourth-order valence-electron chi connectivity index (χ4n) is 1.57. The highest BCUT2D eigenvalue weighted by atomic mass is 79.9. The lowest BCUT2D eigenvalue weighted by Gasteiger charge is -2.14. The quantitative estimate of drug-likeness (QED) is 0.330. The number of nitrogens with zero attached hydrogens (tertiary/aromatic N) is 1. The Labute approximate surface area is 124 Å². The number of amides is 1. The van der Waals surface area contributed by atoms with Gasteiger partial charge in [-0.05, 0) is 40.5 Å². The highest BCUT2D eigenvalue weighted by Gasteiger charge is 2.22. The molecule has 1 rings (SSSR count). The van der Waals surface area contributed by atoms with Gasteiger partial charge in [0.25, 0.3) is 0 Å². The first-order valence-electron chi connectivity index (χ1n) is 5.73. The number of carbonyl (C=O) groups is 1. The third-order valence-electron chi connectivity index (χ3n) is 2.55. The lowest BCUT2D eigenvalue weighted by molar-refractivity contribution is -0.118. The van der Waals surface area contributed by atoms with E-state index >= 15 is 0 Å². The van der Waals surface area contributed by atoms with E-state index in [1.54, 1.807) is 18.2 Å². The van der Waals surface area contributed by atoms with Crippen LogP contribution in [0.15, 0.2) is 27.8 Å². The van der Waals surface area contributed by atoms with Crippen LogP contribution in [0.3, 0.4) is 0 Å². The van der Waals surface area contributed by atoms with Crippen molar-refractivity contribution in [2.45, 2.75) is 19.8 Å². The standard InChI is InChI=1S/C12H15BrClN3O2/c1-2-3-8(11(15)17-19)12(18)16-7-4-5-9(13)10(14)6-7/h4-6,8,19H,2-3H2,1H3,(H2,15,17)(H,16,18). The average Bonchev–Trinajstić information content (AvgIpc) is 2.39. The van der Waals surface area contributed by atoms with Crippen LogP contribution >= 0.6 is 27.5 Å². The van der Waals surface area contributed by atoms with Crippen molar-refractivity contribution < 1.29 is 10.0 Å². The molecule has 0 aliphatic rings. The fraction of sp³-hybridized carbons (Fsp3) is 0.333. The summed E-state index contributed by atoms with van der Waals surface area (Å²) in [7, 11) is 0. The van der Waals surface area contributed by atoms with Crippen LogP contribution in [-0.2, 0) is 4.79 Å². The minimum Gasteiger partial charge on any atom is -0.409 e. The SMILES string of the molecule is CCCC(C(=O)Nc1ccc(Br)c(Cl)c1)/C(N)=N/O. The summed E-state index contributed by atoms with van der Waals surface area (Å²) in [6.07, 6.45) is 1.25. The van der Waals surface area contributed by atoms with Crippen molar-refractivity contribution in [3.63, 3.8) is 0 Å². The van der Waals surface area contributed by atoms with E-state index in [1.807, 2.05) is 6.92 Å². The number of benzene rings is 1. The van der Waals surface area contributed by atoms with Gasteiger partial charge in [-0.1, -0.05) is 30.1 Å². The van der Waals surface area contributed by atoms with Gasteiger partial charge in [0.1, 0.15) is 0 Å². The first-order valence-corrected chi connectivity index (χ1v) is 6.90. The van der Waals surface area contributed by atoms with Gasteiger partial charge in [0.05, 0.1) is 10.9 Å². The van der Waals surface area contributed by atoms with E-state index in [9.17, 15) is 4.79 Å². The van der Waals surface area contributed by atoms with E-state index in [-0.39, 0.29) is 11.7 Å². The van der Waals surface area contributed by atoms with Gasteiger partial charge >= 0.3 is 0 Å². The van der Waals surface area contributed by atoms with E-state index in [4.69, 9.17) is 22.5 Å². The Kier molecular flexibility index (Phi) is 6.11. The molecule has 1 unspecified atom stereocenters. The number of carbonyl (C=O) groups excluding carboxylic acids is 1. The molecule has 19 heavy (non-hydrogen) atoms. The molecular formula is C12H15BrClN3O2. The summed E-state index contributed by atoms with van der Waals surface area (Å²) in [4.78, 5) is 12.1. The molecule has 0 radical (unpaired) electrons. The maximum Gasteiger partial charge on any atom is 0.235 e. The summed E-state index contributed by atoms with van der Waals surface area (Å²) in [6.45, 7) is 1.92. The summed E-state index contributed by atoms with van der Waals surface area (Å²) in [5.41, 5.74) is 6.08. The van der Waals surface area contributed by atoms with Gasteiger partial charge in [0.2, 0.25) is 5.91 Å². The number of hydrogen-bond donors (Lipinski definition) is 3. The lowest BCUT2D eigenvalue weighted by Crippen LogP contribution is -2.34. The summed E-state index contributed by atoms with van der Waals surface area (Å²) < 4.78 is 0.744. The third kappa shape index (κ3) is 4.40. The highest BCUT2D eigenvalue weighted by molar-refractivity contribution is 9.10. The smallest absolute Gasteiger partial charge is 0.235 e. The first-order chi connectivity index (χ1) is 8.99. The van der Waals surface area contributed by atoms with Crippen molar-refractivity contribution >= 4 is 45.0 Å². The third-order valence-corrected chi connectivity index (χ3v) is 3.79. The number of amidine groups is 1. The van der Waals surface area contributed by atoms with Crippen molar-refractivity contribution in [1.82, 2.24) is 0 Å². The average molecular weight is 349 g/mol. The molecule has 1 amide bonds. The van der Waals surface area contributed by atoms with Crippen LogP contribution in [0, 0.1) is 5.92 Å². The van der Waals surface area contributed by atoms with Gasteiger partial charge in [-0.25, -0.2) is 0 Å². The number of halogens is 2. The second-order valence-corrected chi connectivity index (χ2v) is 5.25. The van der Waals surface area contributed by atoms with E-state index in [2.05, 4.69) is 26.4 Å². The maximum atomic E-state index is 12.1. The number of nitrogens with two attached hydrogens (primary N) is 1. The Bertz CT molecular complexity index is 494. The zero-order valence-corrected chi connectivity index (χ0v) is 12.7. The first kappa shape index (κ1) is 15.8. The van der Waals surface area contributed by atoms with Crippen molar-refractivity contribution in [1.29, 1.82) is 0 Å². The van der Waals surface area contributed by atoms with Crippen LogP contribution in [0.1, 0.15) is 19.8 Å². The van der Waals surface area contributed by atoms with Gasteiger partial charge in [0.15, 0.2) is 5.84 Å². The monoisotopic (exact) mass is 347 g/mol. The topological polar surface area (TPSA) is 87.7 Å². The molecule has 0 aliphatic carbocycles. The molecule has 0 bridgehead atoms. The van der Waals surface area contributed by atoms with Gasteiger partial charge < -0.3 is 16.3 Å². The molecule has 0 spiro atoms. The molecule has 0 saturated carbocycles. The molecule has 0 heterocycles. The minimum atomic E-state index is -0.655. The molecule has 1 aromatic carbocycles. The Hall–Kier alpha value is -1.27. The zero-order chi connectivity index (χ0) is 14.4. The van der Waals surface area contributed by atoms with Crippen LogP contribution in [0.25, 0.3) is 0 Å². The Morgan fingerprint density at radius 1 is 1.63 bits per heavy atom. The van der Waals surface area contributed by atoms with Crippen molar-refractivity contribution in [3.05, 3.63) is 27.7 Å². The van der Waals surface area contributed by atoms with E-state index in [1.165, 1.54) is 0 Å². The van der Waals surface area contributed by atoms with Crippen LogP contribution < -0.4 is 11.1 Å². The number of rotatable bonds is 5. The fourth-order valence-corrected chi connectivity index (χ4v) is 2.00. The van der Waals surface area contributed by atoms with Crippen molar-refractivity contribution in [2.24, 2.45) is 16.8 Å². The second-order valence-electron chi connectivity index (χ2n) is 3.98. The van der Waals surface area contributed by atoms with E-state index in [0.717, 1.165) is 10.9 Å². The van der Waals surface area contributed by atoms with Crippen LogP contribution in [0.5, 0.6) is 0 Å². The molecule has 7 heteroatoms. The molecule has 5 nitrogen and oxygen atoms in total. The summed E-state index contributed by atoms with van der Waals surface area (Å²) in [5, 5.41) is 14.8. The zero-order valence-electron chi connectivity index (χ0n) is 10.4.